The lowest BCUT2D eigenvalue weighted by Gasteiger charge is -2.04. The van der Waals surface area contributed by atoms with Gasteiger partial charge in [0.05, 0.1) is 11.1 Å². The van der Waals surface area contributed by atoms with Crippen LogP contribution in [-0.2, 0) is 12.6 Å². The van der Waals surface area contributed by atoms with E-state index in [9.17, 15) is 13.2 Å². The second kappa shape index (κ2) is 4.26. The monoisotopic (exact) mass is 332 g/mol. The number of nitrogens with one attached hydrogen (secondary N) is 1. The second-order valence-electron chi connectivity index (χ2n) is 4.18. The number of fused-ring (bicyclic) bond motifs is 1. The molecule has 0 amide bonds. The van der Waals surface area contributed by atoms with Crippen molar-refractivity contribution in [2.45, 2.75) is 12.6 Å². The molecule has 0 saturated heterocycles. The number of hydrogen-bond acceptors (Lipinski definition) is 2. The summed E-state index contributed by atoms with van der Waals surface area (Å²) in [6.07, 6.45) is -3.69. The molecule has 3 nitrogen and oxygen atoms in total. The van der Waals surface area contributed by atoms with E-state index in [-0.39, 0.29) is 10.2 Å². The Kier molecular flexibility index (Phi) is 2.81. The zero-order valence-corrected chi connectivity index (χ0v) is 11.1. The molecule has 0 radical (unpaired) electrons. The summed E-state index contributed by atoms with van der Waals surface area (Å²) < 4.78 is 43.3. The van der Waals surface area contributed by atoms with E-state index in [2.05, 4.69) is 21.0 Å². The molecule has 0 aliphatic carbocycles. The molecule has 0 fully saturated rings. The number of alkyl halides is 3. The second-order valence-corrected chi connectivity index (χ2v) is 4.97. The van der Waals surface area contributed by atoms with Gasteiger partial charge in [-0.15, -0.1) is 0 Å². The van der Waals surface area contributed by atoms with E-state index < -0.39 is 11.9 Å². The van der Waals surface area contributed by atoms with Gasteiger partial charge in [-0.1, -0.05) is 0 Å². The minimum Gasteiger partial charge on any atom is -0.493 e. The van der Waals surface area contributed by atoms with Gasteiger partial charge in [0.25, 0.3) is 0 Å². The van der Waals surface area contributed by atoms with Gasteiger partial charge in [-0.3, -0.25) is 5.10 Å². The number of rotatable bonds is 1. The van der Waals surface area contributed by atoms with E-state index in [4.69, 9.17) is 4.74 Å². The van der Waals surface area contributed by atoms with Crippen LogP contribution in [0.25, 0.3) is 11.3 Å². The molecule has 1 aliphatic heterocycles. The minimum atomic E-state index is -4.45. The Balaban J connectivity index is 2.06. The van der Waals surface area contributed by atoms with Gasteiger partial charge in [0.2, 0.25) is 0 Å². The van der Waals surface area contributed by atoms with Crippen LogP contribution < -0.4 is 4.74 Å². The molecule has 3 rings (SSSR count). The van der Waals surface area contributed by atoms with Crippen LogP contribution in [-0.4, -0.2) is 16.8 Å². The van der Waals surface area contributed by atoms with Gasteiger partial charge in [0.15, 0.2) is 5.69 Å². The third-order valence-electron chi connectivity index (χ3n) is 2.95. The van der Waals surface area contributed by atoms with Crippen molar-refractivity contribution in [1.82, 2.24) is 10.2 Å². The van der Waals surface area contributed by atoms with Crippen molar-refractivity contribution in [2.24, 2.45) is 0 Å². The normalized spacial score (nSPS) is 14.3. The van der Waals surface area contributed by atoms with Crippen molar-refractivity contribution in [1.29, 1.82) is 0 Å². The molecule has 100 valence electrons. The van der Waals surface area contributed by atoms with Gasteiger partial charge in [0.1, 0.15) is 11.4 Å². The van der Waals surface area contributed by atoms with E-state index in [1.54, 1.807) is 12.1 Å². The van der Waals surface area contributed by atoms with Gasteiger partial charge in [-0.05, 0) is 39.7 Å². The summed E-state index contributed by atoms with van der Waals surface area (Å²) in [6, 6.07) is 5.26. The first kappa shape index (κ1) is 12.5. The third-order valence-corrected chi connectivity index (χ3v) is 3.73. The van der Waals surface area contributed by atoms with Crippen LogP contribution in [0.1, 0.15) is 11.3 Å². The number of aromatic amines is 1. The highest BCUT2D eigenvalue weighted by Gasteiger charge is 2.36. The molecule has 0 atom stereocenters. The molecule has 1 N–H and O–H groups in total. The number of benzene rings is 1. The number of H-pyrrole nitrogens is 1. The van der Waals surface area contributed by atoms with Crippen molar-refractivity contribution in [3.8, 4) is 17.0 Å². The number of ether oxygens (including phenoxy) is 1. The van der Waals surface area contributed by atoms with Crippen molar-refractivity contribution in [3.63, 3.8) is 0 Å². The zero-order valence-electron chi connectivity index (χ0n) is 9.51. The molecular weight excluding hydrogens is 325 g/mol. The molecule has 1 aromatic carbocycles. The first-order valence-electron chi connectivity index (χ1n) is 5.54. The van der Waals surface area contributed by atoms with Crippen molar-refractivity contribution in [2.75, 3.05) is 6.61 Å². The maximum atomic E-state index is 12.7. The number of nitrogens with zero attached hydrogens (tertiary/aromatic N) is 1. The maximum absolute atomic E-state index is 12.7. The van der Waals surface area contributed by atoms with Gasteiger partial charge < -0.3 is 4.74 Å². The molecule has 0 spiro atoms. The zero-order chi connectivity index (χ0) is 13.6. The van der Waals surface area contributed by atoms with Crippen LogP contribution in [0.5, 0.6) is 5.75 Å². The Morgan fingerprint density at radius 2 is 2.11 bits per heavy atom. The van der Waals surface area contributed by atoms with E-state index >= 15 is 0 Å². The van der Waals surface area contributed by atoms with Crippen LogP contribution in [0, 0.1) is 0 Å². The molecule has 0 saturated carbocycles. The fraction of sp³-hybridized carbons (Fsp3) is 0.250. The van der Waals surface area contributed by atoms with Crippen LogP contribution in [0.4, 0.5) is 13.2 Å². The molecule has 19 heavy (non-hydrogen) atoms. The van der Waals surface area contributed by atoms with Gasteiger partial charge in [-0.25, -0.2) is 0 Å². The van der Waals surface area contributed by atoms with Crippen LogP contribution in [0.2, 0.25) is 0 Å². The van der Waals surface area contributed by atoms with Gasteiger partial charge in [-0.2, -0.15) is 18.3 Å². The summed E-state index contributed by atoms with van der Waals surface area (Å²) >= 11 is 2.96. The summed E-state index contributed by atoms with van der Waals surface area (Å²) in [5, 5.41) is 5.77. The summed E-state index contributed by atoms with van der Waals surface area (Å²) in [4.78, 5) is 0. The smallest absolute Gasteiger partial charge is 0.433 e. The topological polar surface area (TPSA) is 37.9 Å². The minimum absolute atomic E-state index is 0.0705. The largest absolute Gasteiger partial charge is 0.493 e. The summed E-state index contributed by atoms with van der Waals surface area (Å²) in [5.74, 6) is 0.784. The quantitative estimate of drug-likeness (QED) is 0.862. The summed E-state index contributed by atoms with van der Waals surface area (Å²) in [7, 11) is 0. The molecule has 1 aromatic heterocycles. The molecule has 0 bridgehead atoms. The van der Waals surface area contributed by atoms with Crippen LogP contribution in [0.15, 0.2) is 22.7 Å². The highest BCUT2D eigenvalue weighted by molar-refractivity contribution is 9.10. The Labute approximate surface area is 114 Å². The standard InChI is InChI=1S/C12H8BrF3N2O/c13-9-10(17-18-11(9)12(14,15)16)7-1-2-8-6(5-7)3-4-19-8/h1-2,5H,3-4H2,(H,17,18). The predicted octanol–water partition coefficient (Wildman–Crippen LogP) is 3.79. The lowest BCUT2D eigenvalue weighted by atomic mass is 10.1. The van der Waals surface area contributed by atoms with Gasteiger partial charge in [0, 0.05) is 12.0 Å². The average molecular weight is 333 g/mol. The third kappa shape index (κ3) is 2.11. The predicted molar refractivity (Wildman–Crippen MR) is 65.9 cm³/mol. The van der Waals surface area contributed by atoms with E-state index in [1.165, 1.54) is 0 Å². The Bertz CT molecular complexity index is 636. The van der Waals surface area contributed by atoms with E-state index in [0.717, 1.165) is 17.7 Å². The average Bonchev–Trinajstić information content (AvgIpc) is 2.92. The molecular formula is C12H8BrF3N2O. The maximum Gasteiger partial charge on any atom is 0.433 e. The Morgan fingerprint density at radius 3 is 2.79 bits per heavy atom. The fourth-order valence-electron chi connectivity index (χ4n) is 2.04. The fourth-order valence-corrected chi connectivity index (χ4v) is 2.67. The van der Waals surface area contributed by atoms with Crippen LogP contribution >= 0.6 is 15.9 Å². The lowest BCUT2D eigenvalue weighted by Crippen LogP contribution is -2.06. The Morgan fingerprint density at radius 1 is 1.32 bits per heavy atom. The number of halogens is 4. The van der Waals surface area contributed by atoms with Crippen molar-refractivity contribution < 1.29 is 17.9 Å². The van der Waals surface area contributed by atoms with Crippen LogP contribution in [0.3, 0.4) is 0 Å². The lowest BCUT2D eigenvalue weighted by molar-refractivity contribution is -0.141. The highest BCUT2D eigenvalue weighted by Crippen LogP contribution is 2.39. The first-order valence-corrected chi connectivity index (χ1v) is 6.33. The van der Waals surface area contributed by atoms with E-state index in [0.29, 0.717) is 12.2 Å². The first-order chi connectivity index (χ1) is 8.97. The number of aromatic nitrogens is 2. The number of hydrogen-bond donors (Lipinski definition) is 1. The molecule has 7 heteroatoms. The molecule has 2 aromatic rings. The highest BCUT2D eigenvalue weighted by atomic mass is 79.9. The van der Waals surface area contributed by atoms with Crippen molar-refractivity contribution >= 4 is 15.9 Å². The van der Waals surface area contributed by atoms with Gasteiger partial charge >= 0.3 is 6.18 Å². The molecule has 1 aliphatic rings. The summed E-state index contributed by atoms with van der Waals surface area (Å²) in [6.45, 7) is 0.605. The molecule has 0 unspecified atom stereocenters. The summed E-state index contributed by atoms with van der Waals surface area (Å²) in [5.41, 5.74) is 0.991. The van der Waals surface area contributed by atoms with E-state index in [1.807, 2.05) is 11.2 Å². The Hall–Kier alpha value is -1.50. The van der Waals surface area contributed by atoms with Crippen molar-refractivity contribution in [3.05, 3.63) is 33.9 Å². The SMILES string of the molecule is FC(F)(F)c1[nH]nc(-c2ccc3c(c2)CCO3)c1Br. The molecule has 2 heterocycles.